The van der Waals surface area contributed by atoms with Crippen molar-refractivity contribution in [2.24, 2.45) is 4.99 Å². The first kappa shape index (κ1) is 12.6. The van der Waals surface area contributed by atoms with E-state index in [-0.39, 0.29) is 12.4 Å². The highest BCUT2D eigenvalue weighted by atomic mass is 35.5. The van der Waals surface area contributed by atoms with Crippen LogP contribution in [0.25, 0.3) is 0 Å². The molecule has 1 aromatic carbocycles. The first-order valence-electron chi connectivity index (χ1n) is 5.06. The minimum atomic E-state index is 0. The van der Waals surface area contributed by atoms with Gasteiger partial charge in [0.1, 0.15) is 11.6 Å². The second-order valence-corrected chi connectivity index (χ2v) is 3.61. The van der Waals surface area contributed by atoms with Crippen molar-refractivity contribution in [2.75, 3.05) is 25.0 Å². The van der Waals surface area contributed by atoms with Crippen molar-refractivity contribution in [1.29, 1.82) is 0 Å². The van der Waals surface area contributed by atoms with Gasteiger partial charge in [0.05, 0.1) is 13.1 Å². The van der Waals surface area contributed by atoms with Gasteiger partial charge in [0.25, 0.3) is 0 Å². The van der Waals surface area contributed by atoms with Crippen LogP contribution < -0.4 is 10.6 Å². The molecule has 1 aromatic rings. The summed E-state index contributed by atoms with van der Waals surface area (Å²) in [6.45, 7) is 4.48. The molecule has 0 aromatic heterocycles. The summed E-state index contributed by atoms with van der Waals surface area (Å²) in [6, 6.07) is 5.30. The van der Waals surface area contributed by atoms with Crippen LogP contribution in [0.2, 0.25) is 0 Å². The maximum atomic E-state index is 9.25. The lowest BCUT2D eigenvalue weighted by Gasteiger charge is -2.09. The van der Waals surface area contributed by atoms with Crippen LogP contribution in [-0.2, 0) is 0 Å². The fraction of sp³-hybridized carbons (Fsp3) is 0.364. The predicted octanol–water partition coefficient (Wildman–Crippen LogP) is 1.54. The third-order valence-corrected chi connectivity index (χ3v) is 2.40. The number of nitrogens with one attached hydrogen (secondary N) is 2. The Morgan fingerprint density at radius 1 is 1.50 bits per heavy atom. The van der Waals surface area contributed by atoms with E-state index in [9.17, 15) is 5.11 Å². The highest BCUT2D eigenvalue weighted by molar-refractivity contribution is 5.87. The van der Waals surface area contributed by atoms with Gasteiger partial charge in [-0.25, -0.2) is 0 Å². The highest BCUT2D eigenvalue weighted by Crippen LogP contribution is 2.19. The average molecular weight is 242 g/mol. The van der Waals surface area contributed by atoms with Crippen LogP contribution >= 0.6 is 12.4 Å². The Kier molecular flexibility index (Phi) is 4.43. The summed E-state index contributed by atoms with van der Waals surface area (Å²) < 4.78 is 0. The molecule has 0 fully saturated rings. The van der Waals surface area contributed by atoms with E-state index in [1.165, 1.54) is 0 Å². The van der Waals surface area contributed by atoms with Gasteiger partial charge in [-0.05, 0) is 30.7 Å². The average Bonchev–Trinajstić information content (AvgIpc) is 2.69. The molecule has 0 radical (unpaired) electrons. The van der Waals surface area contributed by atoms with E-state index in [2.05, 4.69) is 15.6 Å². The normalized spacial score (nSPS) is 13.7. The van der Waals surface area contributed by atoms with Crippen LogP contribution in [0.1, 0.15) is 5.56 Å². The lowest BCUT2D eigenvalue weighted by molar-refractivity contribution is 0.475. The van der Waals surface area contributed by atoms with Crippen LogP contribution in [0.4, 0.5) is 5.69 Å². The second-order valence-electron chi connectivity index (χ2n) is 3.61. The molecule has 1 aliphatic rings. The summed E-state index contributed by atoms with van der Waals surface area (Å²) in [4.78, 5) is 4.29. The van der Waals surface area contributed by atoms with Crippen molar-refractivity contribution in [2.45, 2.75) is 6.92 Å². The number of phenols is 1. The molecule has 1 heterocycles. The molecule has 88 valence electrons. The summed E-state index contributed by atoms with van der Waals surface area (Å²) in [6.07, 6.45) is 0. The van der Waals surface area contributed by atoms with E-state index >= 15 is 0 Å². The van der Waals surface area contributed by atoms with E-state index in [0.29, 0.717) is 12.3 Å². The van der Waals surface area contributed by atoms with Gasteiger partial charge in [-0.1, -0.05) is 0 Å². The number of benzene rings is 1. The maximum Gasteiger partial charge on any atom is 0.116 e. The van der Waals surface area contributed by atoms with Gasteiger partial charge in [0, 0.05) is 12.2 Å². The summed E-state index contributed by atoms with van der Waals surface area (Å²) in [5.41, 5.74) is 2.07. The molecule has 0 bridgehead atoms. The van der Waals surface area contributed by atoms with Crippen molar-refractivity contribution in [1.82, 2.24) is 5.32 Å². The second kappa shape index (κ2) is 5.61. The van der Waals surface area contributed by atoms with Crippen molar-refractivity contribution < 1.29 is 5.11 Å². The molecular weight excluding hydrogens is 226 g/mol. The van der Waals surface area contributed by atoms with E-state index in [1.54, 1.807) is 12.1 Å². The zero-order valence-electron chi connectivity index (χ0n) is 9.16. The first-order valence-corrected chi connectivity index (χ1v) is 5.06. The number of amidine groups is 1. The molecule has 0 unspecified atom stereocenters. The Morgan fingerprint density at radius 3 is 2.94 bits per heavy atom. The standard InChI is InChI=1S/C11H15N3O.ClH/c1-8-6-9(15)2-3-10(8)14-7-11-12-4-5-13-11;/h2-3,6,14-15H,4-5,7H2,1H3,(H,12,13);1H. The summed E-state index contributed by atoms with van der Waals surface area (Å²) in [5, 5.41) is 15.7. The van der Waals surface area contributed by atoms with Crippen molar-refractivity contribution in [3.05, 3.63) is 23.8 Å². The highest BCUT2D eigenvalue weighted by Gasteiger charge is 2.05. The van der Waals surface area contributed by atoms with Gasteiger partial charge in [-0.3, -0.25) is 4.99 Å². The molecule has 2 rings (SSSR count). The molecule has 0 spiro atoms. The van der Waals surface area contributed by atoms with Gasteiger partial charge >= 0.3 is 0 Å². The zero-order valence-corrected chi connectivity index (χ0v) is 9.97. The summed E-state index contributed by atoms with van der Waals surface area (Å²) in [7, 11) is 0. The number of hydrogen-bond donors (Lipinski definition) is 3. The molecule has 0 aliphatic carbocycles. The molecular formula is C11H16ClN3O. The van der Waals surface area contributed by atoms with Crippen LogP contribution in [0.15, 0.2) is 23.2 Å². The van der Waals surface area contributed by atoms with Crippen molar-refractivity contribution in [3.8, 4) is 5.75 Å². The number of aryl methyl sites for hydroxylation is 1. The van der Waals surface area contributed by atoms with Gasteiger partial charge in [0.15, 0.2) is 0 Å². The Morgan fingerprint density at radius 2 is 2.31 bits per heavy atom. The van der Waals surface area contributed by atoms with Crippen molar-refractivity contribution >= 4 is 23.9 Å². The van der Waals surface area contributed by atoms with Gasteiger partial charge in [0.2, 0.25) is 0 Å². The van der Waals surface area contributed by atoms with Gasteiger partial charge < -0.3 is 15.7 Å². The van der Waals surface area contributed by atoms with Crippen LogP contribution in [-0.4, -0.2) is 30.6 Å². The molecule has 0 atom stereocenters. The van der Waals surface area contributed by atoms with E-state index in [0.717, 1.165) is 30.2 Å². The minimum absolute atomic E-state index is 0. The lowest BCUT2D eigenvalue weighted by atomic mass is 10.2. The monoisotopic (exact) mass is 241 g/mol. The number of aromatic hydroxyl groups is 1. The predicted molar refractivity (Wildman–Crippen MR) is 68.9 cm³/mol. The molecule has 3 N–H and O–H groups in total. The molecule has 0 amide bonds. The quantitative estimate of drug-likeness (QED) is 0.704. The fourth-order valence-electron chi connectivity index (χ4n) is 1.59. The Labute approximate surface area is 101 Å². The van der Waals surface area contributed by atoms with Crippen LogP contribution in [0, 0.1) is 6.92 Å². The molecule has 4 nitrogen and oxygen atoms in total. The SMILES string of the molecule is Cc1cc(O)ccc1NCC1=NCCN1.Cl. The fourth-order valence-corrected chi connectivity index (χ4v) is 1.59. The number of halogens is 1. The van der Waals surface area contributed by atoms with Crippen LogP contribution in [0.3, 0.4) is 0 Å². The third kappa shape index (κ3) is 3.03. The zero-order chi connectivity index (χ0) is 10.7. The van der Waals surface area contributed by atoms with E-state index in [1.807, 2.05) is 13.0 Å². The Hall–Kier alpha value is -1.42. The number of rotatable bonds is 3. The smallest absolute Gasteiger partial charge is 0.116 e. The number of phenolic OH excluding ortho intramolecular Hbond substituents is 1. The molecule has 0 saturated heterocycles. The number of hydrogen-bond acceptors (Lipinski definition) is 4. The number of aliphatic imine (C=N–C) groups is 1. The number of nitrogens with zero attached hydrogens (tertiary/aromatic N) is 1. The number of anilines is 1. The lowest BCUT2D eigenvalue weighted by Crippen LogP contribution is -2.26. The molecule has 0 saturated carbocycles. The maximum absolute atomic E-state index is 9.25. The first-order chi connectivity index (χ1) is 7.25. The topological polar surface area (TPSA) is 56.6 Å². The Bertz CT molecular complexity index is 393. The van der Waals surface area contributed by atoms with Crippen molar-refractivity contribution in [3.63, 3.8) is 0 Å². The summed E-state index contributed by atoms with van der Waals surface area (Å²) in [5.74, 6) is 1.30. The summed E-state index contributed by atoms with van der Waals surface area (Å²) >= 11 is 0. The third-order valence-electron chi connectivity index (χ3n) is 2.40. The van der Waals surface area contributed by atoms with Gasteiger partial charge in [-0.15, -0.1) is 12.4 Å². The van der Waals surface area contributed by atoms with E-state index in [4.69, 9.17) is 0 Å². The Balaban J connectivity index is 0.00000128. The largest absolute Gasteiger partial charge is 0.508 e. The van der Waals surface area contributed by atoms with E-state index < -0.39 is 0 Å². The molecule has 1 aliphatic heterocycles. The van der Waals surface area contributed by atoms with Gasteiger partial charge in [-0.2, -0.15) is 0 Å². The minimum Gasteiger partial charge on any atom is -0.508 e. The molecule has 16 heavy (non-hydrogen) atoms. The molecule has 5 heteroatoms. The van der Waals surface area contributed by atoms with Crippen LogP contribution in [0.5, 0.6) is 5.75 Å².